The standard InChI is InChI=1S/C19H11Cl2FN2O3/c20-13-7-14(21)18(25)17-12(13)3-2-11(23-17)8-27-19(26)16-6-9-5-10(22)1-4-15(9)24-16/h1-7,24-25H,8H2. The van der Waals surface area contributed by atoms with E-state index in [1.807, 2.05) is 0 Å². The molecule has 2 aromatic heterocycles. The minimum absolute atomic E-state index is 0.0828. The van der Waals surface area contributed by atoms with Crippen LogP contribution in [-0.2, 0) is 11.3 Å². The van der Waals surface area contributed by atoms with Gasteiger partial charge in [-0.1, -0.05) is 23.2 Å². The third-order valence-electron chi connectivity index (χ3n) is 4.07. The molecule has 8 heteroatoms. The maximum atomic E-state index is 13.3. The molecule has 5 nitrogen and oxygen atoms in total. The number of rotatable bonds is 3. The average Bonchev–Trinajstić information content (AvgIpc) is 3.07. The van der Waals surface area contributed by atoms with Crippen LogP contribution >= 0.6 is 23.2 Å². The number of phenols is 1. The van der Waals surface area contributed by atoms with Gasteiger partial charge in [-0.2, -0.15) is 0 Å². The van der Waals surface area contributed by atoms with Gasteiger partial charge in [0.2, 0.25) is 0 Å². The number of nitrogens with zero attached hydrogens (tertiary/aromatic N) is 1. The monoisotopic (exact) mass is 404 g/mol. The summed E-state index contributed by atoms with van der Waals surface area (Å²) < 4.78 is 18.5. The summed E-state index contributed by atoms with van der Waals surface area (Å²) in [5.74, 6) is -1.19. The summed E-state index contributed by atoms with van der Waals surface area (Å²) in [5.41, 5.74) is 1.46. The average molecular weight is 405 g/mol. The molecule has 0 aliphatic rings. The van der Waals surface area contributed by atoms with Crippen molar-refractivity contribution >= 4 is 51.0 Å². The van der Waals surface area contributed by atoms with Gasteiger partial charge in [-0.15, -0.1) is 0 Å². The van der Waals surface area contributed by atoms with Crippen molar-refractivity contribution in [2.75, 3.05) is 0 Å². The summed E-state index contributed by atoms with van der Waals surface area (Å²) in [6.07, 6.45) is 0. The first-order chi connectivity index (χ1) is 12.9. The summed E-state index contributed by atoms with van der Waals surface area (Å²) in [7, 11) is 0. The van der Waals surface area contributed by atoms with E-state index in [0.717, 1.165) is 0 Å². The number of ether oxygens (including phenoxy) is 1. The lowest BCUT2D eigenvalue weighted by atomic mass is 10.2. The summed E-state index contributed by atoms with van der Waals surface area (Å²) in [4.78, 5) is 19.4. The van der Waals surface area contributed by atoms with Gasteiger partial charge in [0.05, 0.1) is 15.7 Å². The molecular weight excluding hydrogens is 394 g/mol. The van der Waals surface area contributed by atoms with Crippen LogP contribution in [0.5, 0.6) is 5.75 Å². The number of halogens is 3. The molecular formula is C19H11Cl2FN2O3. The lowest BCUT2D eigenvalue weighted by molar-refractivity contribution is 0.0462. The molecule has 136 valence electrons. The van der Waals surface area contributed by atoms with Gasteiger partial charge >= 0.3 is 5.97 Å². The molecule has 0 amide bonds. The van der Waals surface area contributed by atoms with Crippen molar-refractivity contribution in [2.24, 2.45) is 0 Å². The van der Waals surface area contributed by atoms with Gasteiger partial charge in [-0.05, 0) is 42.5 Å². The van der Waals surface area contributed by atoms with Crippen molar-refractivity contribution in [3.63, 3.8) is 0 Å². The Bertz CT molecular complexity index is 1210. The predicted octanol–water partition coefficient (Wildman–Crippen LogP) is 5.22. The Kier molecular flexibility index (Phi) is 4.37. The van der Waals surface area contributed by atoms with Gasteiger partial charge < -0.3 is 14.8 Å². The third-order valence-corrected chi connectivity index (χ3v) is 4.67. The Hall–Kier alpha value is -2.83. The normalized spacial score (nSPS) is 11.2. The first kappa shape index (κ1) is 17.6. The lowest BCUT2D eigenvalue weighted by Crippen LogP contribution is -2.06. The molecule has 0 saturated carbocycles. The van der Waals surface area contributed by atoms with Crippen LogP contribution in [0, 0.1) is 5.82 Å². The number of phenolic OH excluding ortho intramolecular Hbond substituents is 1. The molecule has 0 fully saturated rings. The molecule has 2 N–H and O–H groups in total. The van der Waals surface area contributed by atoms with Gasteiger partial charge in [-0.25, -0.2) is 14.2 Å². The fraction of sp³-hybridized carbons (Fsp3) is 0.0526. The summed E-state index contributed by atoms with van der Waals surface area (Å²) in [6, 6.07) is 10.4. The highest BCUT2D eigenvalue weighted by Crippen LogP contribution is 2.36. The summed E-state index contributed by atoms with van der Waals surface area (Å²) >= 11 is 12.0. The van der Waals surface area contributed by atoms with Crippen molar-refractivity contribution in [3.8, 4) is 5.75 Å². The molecule has 4 rings (SSSR count). The Morgan fingerprint density at radius 1 is 1.15 bits per heavy atom. The quantitative estimate of drug-likeness (QED) is 0.458. The minimum Gasteiger partial charge on any atom is -0.504 e. The van der Waals surface area contributed by atoms with Crippen molar-refractivity contribution in [1.29, 1.82) is 0 Å². The number of esters is 1. The van der Waals surface area contributed by atoms with Gasteiger partial charge in [0.15, 0.2) is 5.75 Å². The first-order valence-electron chi connectivity index (χ1n) is 7.84. The molecule has 0 spiro atoms. The Balaban J connectivity index is 1.57. The van der Waals surface area contributed by atoms with Crippen LogP contribution in [-0.4, -0.2) is 21.0 Å². The number of hydrogen-bond acceptors (Lipinski definition) is 4. The van der Waals surface area contributed by atoms with Crippen molar-refractivity contribution in [3.05, 3.63) is 69.7 Å². The fourth-order valence-corrected chi connectivity index (χ4v) is 3.27. The number of fused-ring (bicyclic) bond motifs is 2. The summed E-state index contributed by atoms with van der Waals surface area (Å²) in [5, 5.41) is 11.6. The van der Waals surface area contributed by atoms with Crippen LogP contribution in [0.1, 0.15) is 16.2 Å². The molecule has 27 heavy (non-hydrogen) atoms. The molecule has 0 aliphatic carbocycles. The van der Waals surface area contributed by atoms with Crippen LogP contribution in [0.2, 0.25) is 10.0 Å². The van der Waals surface area contributed by atoms with E-state index in [4.69, 9.17) is 27.9 Å². The topological polar surface area (TPSA) is 75.2 Å². The zero-order valence-corrected chi connectivity index (χ0v) is 15.1. The number of aromatic hydroxyl groups is 1. The van der Waals surface area contributed by atoms with E-state index in [9.17, 15) is 14.3 Å². The van der Waals surface area contributed by atoms with Crippen molar-refractivity contribution in [1.82, 2.24) is 9.97 Å². The molecule has 0 aliphatic heterocycles. The van der Waals surface area contributed by atoms with Gasteiger partial charge in [0, 0.05) is 16.3 Å². The Morgan fingerprint density at radius 2 is 1.96 bits per heavy atom. The highest BCUT2D eigenvalue weighted by atomic mass is 35.5. The number of carbonyl (C=O) groups is 1. The third kappa shape index (κ3) is 3.29. The van der Waals surface area contributed by atoms with E-state index in [1.165, 1.54) is 24.3 Å². The molecule has 2 heterocycles. The molecule has 4 aromatic rings. The maximum absolute atomic E-state index is 13.3. The number of aromatic nitrogens is 2. The second-order valence-electron chi connectivity index (χ2n) is 5.88. The number of carbonyl (C=O) groups excluding carboxylic acids is 1. The SMILES string of the molecule is O=C(OCc1ccc2c(Cl)cc(Cl)c(O)c2n1)c1cc2cc(F)ccc2[nH]1. The predicted molar refractivity (Wildman–Crippen MR) is 101 cm³/mol. The van der Waals surface area contributed by atoms with E-state index in [-0.39, 0.29) is 34.4 Å². The second-order valence-corrected chi connectivity index (χ2v) is 6.69. The zero-order chi connectivity index (χ0) is 19.1. The van der Waals surface area contributed by atoms with Gasteiger partial charge in [-0.3, -0.25) is 0 Å². The number of benzene rings is 2. The number of aromatic amines is 1. The van der Waals surface area contributed by atoms with E-state index in [2.05, 4.69) is 9.97 Å². The van der Waals surface area contributed by atoms with E-state index in [0.29, 0.717) is 27.0 Å². The highest BCUT2D eigenvalue weighted by Gasteiger charge is 2.14. The Labute approximate surface area is 162 Å². The maximum Gasteiger partial charge on any atom is 0.355 e. The van der Waals surface area contributed by atoms with Crippen LogP contribution in [0.4, 0.5) is 4.39 Å². The van der Waals surface area contributed by atoms with Crippen LogP contribution in [0.15, 0.2) is 42.5 Å². The molecule has 0 saturated heterocycles. The van der Waals surface area contributed by atoms with Gasteiger partial charge in [0.25, 0.3) is 0 Å². The summed E-state index contributed by atoms with van der Waals surface area (Å²) in [6.45, 7) is -0.123. The van der Waals surface area contributed by atoms with E-state index >= 15 is 0 Å². The minimum atomic E-state index is -0.609. The number of H-pyrrole nitrogens is 1. The lowest BCUT2D eigenvalue weighted by Gasteiger charge is -2.08. The number of nitrogens with one attached hydrogen (secondary N) is 1. The largest absolute Gasteiger partial charge is 0.504 e. The van der Waals surface area contributed by atoms with E-state index in [1.54, 1.807) is 18.2 Å². The highest BCUT2D eigenvalue weighted by molar-refractivity contribution is 6.39. The van der Waals surface area contributed by atoms with Crippen LogP contribution in [0.3, 0.4) is 0 Å². The molecule has 2 aromatic carbocycles. The molecule has 0 radical (unpaired) electrons. The number of pyridine rings is 1. The molecule has 0 unspecified atom stereocenters. The van der Waals surface area contributed by atoms with Gasteiger partial charge in [0.1, 0.15) is 23.6 Å². The second kappa shape index (κ2) is 6.72. The molecule has 0 bridgehead atoms. The zero-order valence-electron chi connectivity index (χ0n) is 13.6. The molecule has 0 atom stereocenters. The van der Waals surface area contributed by atoms with Crippen molar-refractivity contribution in [2.45, 2.75) is 6.61 Å². The van der Waals surface area contributed by atoms with Crippen LogP contribution in [0.25, 0.3) is 21.8 Å². The van der Waals surface area contributed by atoms with Crippen molar-refractivity contribution < 1.29 is 19.0 Å². The fourth-order valence-electron chi connectivity index (χ4n) is 2.75. The first-order valence-corrected chi connectivity index (χ1v) is 8.60. The van der Waals surface area contributed by atoms with Crippen LogP contribution < -0.4 is 0 Å². The smallest absolute Gasteiger partial charge is 0.355 e. The number of hydrogen-bond donors (Lipinski definition) is 2. The van der Waals surface area contributed by atoms with E-state index < -0.39 is 5.97 Å². The Morgan fingerprint density at radius 3 is 2.78 bits per heavy atom.